The van der Waals surface area contributed by atoms with Crippen molar-refractivity contribution in [3.63, 3.8) is 0 Å². The van der Waals surface area contributed by atoms with Gasteiger partial charge in [-0.25, -0.2) is 4.98 Å². The lowest BCUT2D eigenvalue weighted by Gasteiger charge is -2.15. The second kappa shape index (κ2) is 8.92. The van der Waals surface area contributed by atoms with Crippen molar-refractivity contribution in [1.29, 1.82) is 0 Å². The number of benzene rings is 1. The van der Waals surface area contributed by atoms with Crippen LogP contribution in [0.2, 0.25) is 0 Å². The molecule has 0 bridgehead atoms. The SMILES string of the molecule is CSCC[C@@H](CO)NC(=O)Cc1csc(-c2ccccc2)n1. The molecule has 0 spiro atoms. The molecule has 1 atom stereocenters. The number of aliphatic hydroxyl groups is 1. The molecule has 1 aromatic carbocycles. The Bertz CT molecular complexity index is 587. The summed E-state index contributed by atoms with van der Waals surface area (Å²) < 4.78 is 0. The van der Waals surface area contributed by atoms with Gasteiger partial charge in [0.2, 0.25) is 5.91 Å². The Balaban J connectivity index is 1.91. The topological polar surface area (TPSA) is 62.2 Å². The van der Waals surface area contributed by atoms with Crippen LogP contribution in [0.5, 0.6) is 0 Å². The first-order valence-corrected chi connectivity index (χ1v) is 9.39. The largest absolute Gasteiger partial charge is 0.394 e. The highest BCUT2D eigenvalue weighted by Crippen LogP contribution is 2.23. The van der Waals surface area contributed by atoms with Crippen molar-refractivity contribution >= 4 is 29.0 Å². The van der Waals surface area contributed by atoms with Crippen molar-refractivity contribution in [3.05, 3.63) is 41.4 Å². The van der Waals surface area contributed by atoms with Crippen LogP contribution in [0, 0.1) is 0 Å². The molecular weight excluding hydrogens is 316 g/mol. The van der Waals surface area contributed by atoms with Gasteiger partial charge < -0.3 is 10.4 Å². The molecule has 118 valence electrons. The first kappa shape index (κ1) is 17.0. The predicted octanol–water partition coefficient (Wildman–Crippen LogP) is 2.58. The van der Waals surface area contributed by atoms with Gasteiger partial charge in [0, 0.05) is 10.9 Å². The summed E-state index contributed by atoms with van der Waals surface area (Å²) >= 11 is 3.24. The second-order valence-electron chi connectivity index (χ2n) is 4.92. The van der Waals surface area contributed by atoms with Crippen molar-refractivity contribution in [2.45, 2.75) is 18.9 Å². The number of aromatic nitrogens is 1. The van der Waals surface area contributed by atoms with Gasteiger partial charge in [0.1, 0.15) is 5.01 Å². The summed E-state index contributed by atoms with van der Waals surface area (Å²) in [6.45, 7) is -0.0291. The second-order valence-corrected chi connectivity index (χ2v) is 6.76. The van der Waals surface area contributed by atoms with E-state index in [1.54, 1.807) is 11.8 Å². The van der Waals surface area contributed by atoms with E-state index in [1.807, 2.05) is 42.0 Å². The first-order chi connectivity index (χ1) is 10.7. The third-order valence-electron chi connectivity index (χ3n) is 3.17. The normalized spacial score (nSPS) is 12.1. The van der Waals surface area contributed by atoms with Crippen LogP contribution >= 0.6 is 23.1 Å². The lowest BCUT2D eigenvalue weighted by atomic mass is 10.2. The molecular formula is C16H20N2O2S2. The minimum atomic E-state index is -0.174. The minimum Gasteiger partial charge on any atom is -0.394 e. The Hall–Kier alpha value is -1.37. The fraction of sp³-hybridized carbons (Fsp3) is 0.375. The standard InChI is InChI=1S/C16H20N2O2S2/c1-21-8-7-13(10-19)17-15(20)9-14-11-22-16(18-14)12-5-3-2-4-6-12/h2-6,11,13,19H,7-10H2,1H3,(H,17,20)/t13-/m0/s1. The third-order valence-corrected chi connectivity index (χ3v) is 4.75. The molecule has 0 aliphatic heterocycles. The van der Waals surface area contributed by atoms with Crippen LogP contribution in [-0.4, -0.2) is 40.7 Å². The summed E-state index contributed by atoms with van der Waals surface area (Å²) in [7, 11) is 0. The molecule has 22 heavy (non-hydrogen) atoms. The molecule has 2 aromatic rings. The van der Waals surface area contributed by atoms with Gasteiger partial charge in [0.15, 0.2) is 0 Å². The molecule has 0 fully saturated rings. The maximum atomic E-state index is 12.0. The van der Waals surface area contributed by atoms with Gasteiger partial charge in [-0.1, -0.05) is 30.3 Å². The molecule has 2 N–H and O–H groups in total. The van der Waals surface area contributed by atoms with E-state index < -0.39 is 0 Å². The number of hydrogen-bond acceptors (Lipinski definition) is 5. The fourth-order valence-electron chi connectivity index (χ4n) is 2.01. The zero-order valence-corrected chi connectivity index (χ0v) is 14.1. The van der Waals surface area contributed by atoms with Gasteiger partial charge in [0.05, 0.1) is 24.8 Å². The molecule has 6 heteroatoms. The van der Waals surface area contributed by atoms with Crippen LogP contribution in [0.3, 0.4) is 0 Å². The van der Waals surface area contributed by atoms with E-state index in [4.69, 9.17) is 0 Å². The highest BCUT2D eigenvalue weighted by Gasteiger charge is 2.13. The zero-order valence-electron chi connectivity index (χ0n) is 12.5. The Kier molecular flexibility index (Phi) is 6.89. The van der Waals surface area contributed by atoms with E-state index in [2.05, 4.69) is 10.3 Å². The van der Waals surface area contributed by atoms with Crippen molar-refractivity contribution in [3.8, 4) is 10.6 Å². The molecule has 2 rings (SSSR count). The monoisotopic (exact) mass is 336 g/mol. The number of rotatable bonds is 8. The summed E-state index contributed by atoms with van der Waals surface area (Å²) in [5, 5.41) is 15.0. The summed E-state index contributed by atoms with van der Waals surface area (Å²) in [5.41, 5.74) is 1.83. The average Bonchev–Trinajstić information content (AvgIpc) is 3.00. The molecule has 1 amide bonds. The zero-order chi connectivity index (χ0) is 15.8. The highest BCUT2D eigenvalue weighted by atomic mass is 32.2. The van der Waals surface area contributed by atoms with Crippen LogP contribution in [-0.2, 0) is 11.2 Å². The number of carbonyl (C=O) groups excluding carboxylic acids is 1. The van der Waals surface area contributed by atoms with Gasteiger partial charge in [-0.2, -0.15) is 11.8 Å². The van der Waals surface area contributed by atoms with Crippen LogP contribution in [0.1, 0.15) is 12.1 Å². The van der Waals surface area contributed by atoms with Gasteiger partial charge in [-0.05, 0) is 18.4 Å². The van der Waals surface area contributed by atoms with E-state index in [0.717, 1.165) is 28.4 Å². The summed E-state index contributed by atoms with van der Waals surface area (Å²) in [6.07, 6.45) is 3.03. The average molecular weight is 336 g/mol. The van der Waals surface area contributed by atoms with Crippen LogP contribution in [0.15, 0.2) is 35.7 Å². The minimum absolute atomic E-state index is 0.0291. The first-order valence-electron chi connectivity index (χ1n) is 7.12. The van der Waals surface area contributed by atoms with Crippen molar-refractivity contribution in [2.75, 3.05) is 18.6 Å². The van der Waals surface area contributed by atoms with Crippen molar-refractivity contribution < 1.29 is 9.90 Å². The summed E-state index contributed by atoms with van der Waals surface area (Å²) in [6, 6.07) is 9.75. The third kappa shape index (κ3) is 5.12. The Morgan fingerprint density at radius 1 is 1.41 bits per heavy atom. The number of nitrogens with one attached hydrogen (secondary N) is 1. The van der Waals surface area contributed by atoms with Crippen LogP contribution < -0.4 is 5.32 Å². The molecule has 1 heterocycles. The molecule has 4 nitrogen and oxygen atoms in total. The van der Waals surface area contributed by atoms with Gasteiger partial charge in [-0.3, -0.25) is 4.79 Å². The van der Waals surface area contributed by atoms with Crippen molar-refractivity contribution in [2.24, 2.45) is 0 Å². The number of carbonyl (C=O) groups is 1. The Morgan fingerprint density at radius 3 is 2.86 bits per heavy atom. The smallest absolute Gasteiger partial charge is 0.226 e. The number of amides is 1. The van der Waals surface area contributed by atoms with E-state index in [9.17, 15) is 9.90 Å². The van der Waals surface area contributed by atoms with Crippen LogP contribution in [0.25, 0.3) is 10.6 Å². The molecule has 0 unspecified atom stereocenters. The lowest BCUT2D eigenvalue weighted by Crippen LogP contribution is -2.38. The maximum Gasteiger partial charge on any atom is 0.226 e. The van der Waals surface area contributed by atoms with E-state index in [1.165, 1.54) is 11.3 Å². The fourth-order valence-corrected chi connectivity index (χ4v) is 3.36. The number of thioether (sulfide) groups is 1. The van der Waals surface area contributed by atoms with Gasteiger partial charge >= 0.3 is 0 Å². The van der Waals surface area contributed by atoms with E-state index in [0.29, 0.717) is 0 Å². The van der Waals surface area contributed by atoms with Gasteiger partial charge in [-0.15, -0.1) is 11.3 Å². The van der Waals surface area contributed by atoms with Crippen LogP contribution in [0.4, 0.5) is 0 Å². The summed E-state index contributed by atoms with van der Waals surface area (Å²) in [5.74, 6) is 0.824. The molecule has 0 aliphatic rings. The molecule has 0 saturated carbocycles. The Morgan fingerprint density at radius 2 is 2.18 bits per heavy atom. The molecule has 0 radical (unpaired) electrons. The number of aliphatic hydroxyl groups excluding tert-OH is 1. The number of hydrogen-bond donors (Lipinski definition) is 2. The van der Waals surface area contributed by atoms with E-state index in [-0.39, 0.29) is 25.0 Å². The Labute approximate surface area is 139 Å². The van der Waals surface area contributed by atoms with Crippen molar-refractivity contribution in [1.82, 2.24) is 10.3 Å². The molecule has 0 aliphatic carbocycles. The van der Waals surface area contributed by atoms with E-state index >= 15 is 0 Å². The highest BCUT2D eigenvalue weighted by molar-refractivity contribution is 7.98. The summed E-state index contributed by atoms with van der Waals surface area (Å²) in [4.78, 5) is 16.5. The molecule has 0 saturated heterocycles. The predicted molar refractivity (Wildman–Crippen MR) is 93.3 cm³/mol. The molecule has 1 aromatic heterocycles. The van der Waals surface area contributed by atoms with Gasteiger partial charge in [0.25, 0.3) is 0 Å². The number of thiazole rings is 1. The number of nitrogens with zero attached hydrogens (tertiary/aromatic N) is 1. The maximum absolute atomic E-state index is 12.0. The quantitative estimate of drug-likeness (QED) is 0.778. The lowest BCUT2D eigenvalue weighted by molar-refractivity contribution is -0.121.